The van der Waals surface area contributed by atoms with E-state index in [4.69, 9.17) is 11.6 Å². The van der Waals surface area contributed by atoms with Gasteiger partial charge in [-0.1, -0.05) is 0 Å². The van der Waals surface area contributed by atoms with Crippen molar-refractivity contribution in [1.82, 2.24) is 14.9 Å². The van der Waals surface area contributed by atoms with Crippen molar-refractivity contribution in [1.29, 1.82) is 0 Å². The fourth-order valence-corrected chi connectivity index (χ4v) is 2.25. The number of nitrogens with two attached hydrogens (primary N) is 2. The van der Waals surface area contributed by atoms with Crippen molar-refractivity contribution in [3.8, 4) is 11.4 Å². The molecule has 0 aliphatic rings. The number of thiophene rings is 1. The molecule has 0 amide bonds. The molecule has 0 aliphatic carbocycles. The minimum absolute atomic E-state index is 0.219. The summed E-state index contributed by atoms with van der Waals surface area (Å²) >= 11 is 3.86. The first-order valence-corrected chi connectivity index (χ1v) is 5.34. The third kappa shape index (κ3) is 1.48. The van der Waals surface area contributed by atoms with Crippen molar-refractivity contribution < 1.29 is 0 Å². The number of hydrogen-bond acceptors (Lipinski definition) is 5. The standard InChI is InChI=1S/C6H6IN5S/c7-4-1-3(2-13-4)5-10-11-6(8)12(5)9/h1-2H,9H2,(H2,8,11). The van der Waals surface area contributed by atoms with Crippen LogP contribution < -0.4 is 11.6 Å². The van der Waals surface area contributed by atoms with Crippen molar-refractivity contribution in [2.45, 2.75) is 0 Å². The summed E-state index contributed by atoms with van der Waals surface area (Å²) in [7, 11) is 0. The van der Waals surface area contributed by atoms with E-state index in [9.17, 15) is 0 Å². The summed E-state index contributed by atoms with van der Waals surface area (Å²) in [5.41, 5.74) is 6.40. The zero-order valence-electron chi connectivity index (χ0n) is 6.44. The number of anilines is 1. The highest BCUT2D eigenvalue weighted by Crippen LogP contribution is 2.24. The van der Waals surface area contributed by atoms with E-state index in [1.165, 1.54) is 7.56 Å². The lowest BCUT2D eigenvalue weighted by Gasteiger charge is -1.96. The van der Waals surface area contributed by atoms with Crippen LogP contribution in [0.25, 0.3) is 11.4 Å². The first-order chi connectivity index (χ1) is 6.18. The normalized spacial score (nSPS) is 10.5. The predicted octanol–water partition coefficient (Wildman–Crippen LogP) is 0.907. The van der Waals surface area contributed by atoms with Gasteiger partial charge in [0.05, 0.1) is 2.88 Å². The molecule has 4 N–H and O–H groups in total. The maximum atomic E-state index is 5.61. The molecule has 0 saturated carbocycles. The molecule has 5 nitrogen and oxygen atoms in total. The summed E-state index contributed by atoms with van der Waals surface area (Å²) in [4.78, 5) is 0. The Kier molecular flexibility index (Phi) is 2.12. The van der Waals surface area contributed by atoms with Gasteiger partial charge in [0.1, 0.15) is 0 Å². The molecule has 2 aromatic heterocycles. The van der Waals surface area contributed by atoms with Gasteiger partial charge in [0.2, 0.25) is 5.95 Å². The van der Waals surface area contributed by atoms with E-state index in [1.54, 1.807) is 11.3 Å². The number of halogens is 1. The molecule has 2 heterocycles. The summed E-state index contributed by atoms with van der Waals surface area (Å²) in [5, 5.41) is 9.50. The minimum Gasteiger partial charge on any atom is -0.366 e. The topological polar surface area (TPSA) is 82.8 Å². The highest BCUT2D eigenvalue weighted by atomic mass is 127. The van der Waals surface area contributed by atoms with Crippen molar-refractivity contribution >= 4 is 39.9 Å². The van der Waals surface area contributed by atoms with Crippen LogP contribution in [0.3, 0.4) is 0 Å². The smallest absolute Gasteiger partial charge is 0.241 e. The quantitative estimate of drug-likeness (QED) is 0.606. The number of rotatable bonds is 1. The Morgan fingerprint density at radius 3 is 2.69 bits per heavy atom. The van der Waals surface area contributed by atoms with Gasteiger partial charge < -0.3 is 11.6 Å². The van der Waals surface area contributed by atoms with Crippen LogP contribution in [0.5, 0.6) is 0 Å². The first kappa shape index (κ1) is 8.75. The molecule has 2 aromatic rings. The van der Waals surface area contributed by atoms with Gasteiger partial charge in [0.25, 0.3) is 0 Å². The molecule has 7 heteroatoms. The summed E-state index contributed by atoms with van der Waals surface area (Å²) in [6, 6.07) is 1.98. The predicted molar refractivity (Wildman–Crippen MR) is 60.6 cm³/mol. The van der Waals surface area contributed by atoms with Gasteiger partial charge in [-0.15, -0.1) is 21.5 Å². The van der Waals surface area contributed by atoms with E-state index < -0.39 is 0 Å². The van der Waals surface area contributed by atoms with Crippen molar-refractivity contribution in [3.05, 3.63) is 14.3 Å². The molecule has 68 valence electrons. The summed E-state index contributed by atoms with van der Waals surface area (Å²) < 4.78 is 2.45. The Bertz CT molecular complexity index is 434. The van der Waals surface area contributed by atoms with Crippen molar-refractivity contribution in [2.75, 3.05) is 11.6 Å². The van der Waals surface area contributed by atoms with Gasteiger partial charge in [-0.25, -0.2) is 4.68 Å². The first-order valence-electron chi connectivity index (χ1n) is 3.39. The molecule has 0 fully saturated rings. The van der Waals surface area contributed by atoms with Gasteiger partial charge in [-0.3, -0.25) is 0 Å². The molecular formula is C6H6IN5S. The van der Waals surface area contributed by atoms with Crippen LogP contribution in [-0.2, 0) is 0 Å². The van der Waals surface area contributed by atoms with Crippen LogP contribution in [0.2, 0.25) is 0 Å². The zero-order chi connectivity index (χ0) is 9.42. The van der Waals surface area contributed by atoms with Crippen LogP contribution in [0.15, 0.2) is 11.4 Å². The van der Waals surface area contributed by atoms with E-state index in [2.05, 4.69) is 32.8 Å². The van der Waals surface area contributed by atoms with E-state index in [-0.39, 0.29) is 5.95 Å². The van der Waals surface area contributed by atoms with E-state index >= 15 is 0 Å². The molecule has 13 heavy (non-hydrogen) atoms. The third-order valence-corrected chi connectivity index (χ3v) is 3.34. The number of nitrogens with zero attached hydrogens (tertiary/aromatic N) is 3. The highest BCUT2D eigenvalue weighted by molar-refractivity contribution is 14.1. The number of hydrogen-bond donors (Lipinski definition) is 2. The molecule has 0 saturated heterocycles. The summed E-state index contributed by atoms with van der Waals surface area (Å²) in [6.45, 7) is 0. The Morgan fingerprint density at radius 1 is 1.46 bits per heavy atom. The van der Waals surface area contributed by atoms with Gasteiger partial charge in [0, 0.05) is 10.9 Å². The highest BCUT2D eigenvalue weighted by Gasteiger charge is 2.10. The molecular weight excluding hydrogens is 301 g/mol. The Hall–Kier alpha value is -0.830. The van der Waals surface area contributed by atoms with Crippen LogP contribution in [0.4, 0.5) is 5.95 Å². The Labute approximate surface area is 91.9 Å². The zero-order valence-corrected chi connectivity index (χ0v) is 9.41. The third-order valence-electron chi connectivity index (χ3n) is 1.55. The van der Waals surface area contributed by atoms with Gasteiger partial charge in [0.15, 0.2) is 5.82 Å². The van der Waals surface area contributed by atoms with Crippen LogP contribution >= 0.6 is 33.9 Å². The molecule has 0 bridgehead atoms. The number of nitrogen functional groups attached to an aromatic ring is 2. The molecule has 0 aliphatic heterocycles. The van der Waals surface area contributed by atoms with E-state index in [0.717, 1.165) is 5.56 Å². The molecule has 0 aromatic carbocycles. The van der Waals surface area contributed by atoms with Gasteiger partial charge >= 0.3 is 0 Å². The summed E-state index contributed by atoms with van der Waals surface area (Å²) in [5.74, 6) is 6.43. The van der Waals surface area contributed by atoms with Crippen LogP contribution in [-0.4, -0.2) is 14.9 Å². The van der Waals surface area contributed by atoms with Crippen LogP contribution in [0, 0.1) is 2.88 Å². The molecule has 0 atom stereocenters. The second-order valence-electron chi connectivity index (χ2n) is 2.39. The largest absolute Gasteiger partial charge is 0.366 e. The minimum atomic E-state index is 0.219. The SMILES string of the molecule is Nc1nnc(-c2csc(I)c2)n1N. The van der Waals surface area contributed by atoms with E-state index in [1.807, 2.05) is 11.4 Å². The average molecular weight is 307 g/mol. The van der Waals surface area contributed by atoms with Crippen molar-refractivity contribution in [3.63, 3.8) is 0 Å². The lowest BCUT2D eigenvalue weighted by Crippen LogP contribution is -2.13. The Balaban J connectivity index is 2.52. The van der Waals surface area contributed by atoms with Gasteiger partial charge in [-0.2, -0.15) is 0 Å². The monoisotopic (exact) mass is 307 g/mol. The molecule has 0 radical (unpaired) electrons. The molecule has 0 unspecified atom stereocenters. The lowest BCUT2D eigenvalue weighted by atomic mass is 10.3. The average Bonchev–Trinajstić information content (AvgIpc) is 2.62. The maximum Gasteiger partial charge on any atom is 0.241 e. The maximum absolute atomic E-state index is 5.61. The lowest BCUT2D eigenvalue weighted by molar-refractivity contribution is 1.02. The number of aromatic nitrogens is 3. The summed E-state index contributed by atoms with van der Waals surface area (Å²) in [6.07, 6.45) is 0. The second-order valence-corrected chi connectivity index (χ2v) is 5.20. The van der Waals surface area contributed by atoms with Crippen molar-refractivity contribution in [2.24, 2.45) is 0 Å². The van der Waals surface area contributed by atoms with Gasteiger partial charge in [-0.05, 0) is 28.7 Å². The fourth-order valence-electron chi connectivity index (χ4n) is 0.928. The van der Waals surface area contributed by atoms with E-state index in [0.29, 0.717) is 5.82 Å². The van der Waals surface area contributed by atoms with Crippen LogP contribution in [0.1, 0.15) is 0 Å². The Morgan fingerprint density at radius 2 is 2.23 bits per heavy atom. The molecule has 0 spiro atoms. The molecule has 2 rings (SSSR count). The fraction of sp³-hybridized carbons (Fsp3) is 0. The second kappa shape index (κ2) is 3.14.